The van der Waals surface area contributed by atoms with Gasteiger partial charge in [0.05, 0.1) is 41.1 Å². The van der Waals surface area contributed by atoms with Gasteiger partial charge in [0.25, 0.3) is 5.91 Å². The Morgan fingerprint density at radius 3 is 2.61 bits per heavy atom. The molecule has 186 valence electrons. The van der Waals surface area contributed by atoms with Crippen molar-refractivity contribution in [2.45, 2.75) is 18.9 Å². The van der Waals surface area contributed by atoms with E-state index in [4.69, 9.17) is 0 Å². The van der Waals surface area contributed by atoms with Crippen LogP contribution in [0.3, 0.4) is 0 Å². The summed E-state index contributed by atoms with van der Waals surface area (Å²) in [5.74, 6) is -3.24. The number of rotatable bonds is 7. The molecule has 0 unspecified atom stereocenters. The summed E-state index contributed by atoms with van der Waals surface area (Å²) in [6.45, 7) is 1.92. The fourth-order valence-corrected chi connectivity index (χ4v) is 4.24. The molecule has 0 aliphatic carbocycles. The number of anilines is 3. The lowest BCUT2D eigenvalue weighted by molar-refractivity contribution is -0.0707. The molecule has 10 heteroatoms. The van der Waals surface area contributed by atoms with E-state index in [0.29, 0.717) is 12.4 Å². The van der Waals surface area contributed by atoms with Gasteiger partial charge in [-0.3, -0.25) is 4.79 Å². The Morgan fingerprint density at radius 2 is 1.89 bits per heavy atom. The number of β-amino-alcohol motifs (C(OH)–C–C–N with tert-alkyl or cyclic N) is 1. The average Bonchev–Trinajstić information content (AvgIpc) is 3.28. The molecule has 0 radical (unpaired) electrons. The highest BCUT2D eigenvalue weighted by molar-refractivity contribution is 6.01. The fourth-order valence-electron chi connectivity index (χ4n) is 4.24. The number of amides is 1. The largest absolute Gasteiger partial charge is 0.384 e. The minimum absolute atomic E-state index is 0.0307. The average molecular weight is 496 g/mol. The molecule has 3 aromatic carbocycles. The van der Waals surface area contributed by atoms with Crippen LogP contribution in [-0.4, -0.2) is 51.1 Å². The number of carbonyl (C=O) groups excluding carboxylic acids is 1. The van der Waals surface area contributed by atoms with Crippen LogP contribution in [0, 0.1) is 17.5 Å². The highest BCUT2D eigenvalue weighted by Gasteiger charge is 2.44. The van der Waals surface area contributed by atoms with Gasteiger partial charge in [-0.05, 0) is 48.4 Å². The number of aromatic nitrogens is 2. The highest BCUT2D eigenvalue weighted by atomic mass is 19.2. The van der Waals surface area contributed by atoms with Crippen LogP contribution in [0.2, 0.25) is 0 Å². The number of aliphatic hydroxyl groups is 1. The van der Waals surface area contributed by atoms with Crippen molar-refractivity contribution in [3.63, 3.8) is 0 Å². The van der Waals surface area contributed by atoms with Crippen molar-refractivity contribution in [2.75, 3.05) is 30.3 Å². The van der Waals surface area contributed by atoms with Crippen LogP contribution in [0.1, 0.15) is 22.8 Å². The highest BCUT2D eigenvalue weighted by Crippen LogP contribution is 2.32. The Morgan fingerprint density at radius 1 is 1.11 bits per heavy atom. The lowest BCUT2D eigenvalue weighted by atomic mass is 9.93. The minimum Gasteiger partial charge on any atom is -0.384 e. The first kappa shape index (κ1) is 23.7. The van der Waals surface area contributed by atoms with Gasteiger partial charge in [0, 0.05) is 6.54 Å². The first-order chi connectivity index (χ1) is 17.3. The molecule has 0 atom stereocenters. The number of carbonyl (C=O) groups is 1. The number of H-pyrrole nitrogens is 1. The quantitative estimate of drug-likeness (QED) is 0.301. The standard InChI is InChI=1S/C26H24F3N5O2/c1-2-15-7-10-19(18(28)11-15)31-23-16(8-9-17(27)22(23)29)24(35)34-13-26(36,14-34)12-30-25-32-20-5-3-4-6-21(20)33-25/h3-11,31,36H,2,12-14H2,1H3,(H2,30,32,33). The maximum absolute atomic E-state index is 14.7. The molecule has 1 aliphatic rings. The van der Waals surface area contributed by atoms with Crippen molar-refractivity contribution in [1.29, 1.82) is 0 Å². The zero-order valence-corrected chi connectivity index (χ0v) is 19.4. The lowest BCUT2D eigenvalue weighted by Crippen LogP contribution is -2.66. The summed E-state index contributed by atoms with van der Waals surface area (Å²) in [4.78, 5) is 21.9. The number of nitrogens with zero attached hydrogens (tertiary/aromatic N) is 2. The van der Waals surface area contributed by atoms with Crippen LogP contribution >= 0.6 is 0 Å². The van der Waals surface area contributed by atoms with E-state index in [0.717, 1.165) is 28.7 Å². The van der Waals surface area contributed by atoms with E-state index in [1.54, 1.807) is 6.07 Å². The van der Waals surface area contributed by atoms with E-state index in [1.807, 2.05) is 31.2 Å². The normalized spacial score (nSPS) is 14.5. The summed E-state index contributed by atoms with van der Waals surface area (Å²) < 4.78 is 43.2. The Labute approximate surface area is 205 Å². The number of hydrogen-bond acceptors (Lipinski definition) is 5. The number of fused-ring (bicyclic) bond motifs is 1. The number of hydrogen-bond donors (Lipinski definition) is 4. The van der Waals surface area contributed by atoms with Crippen molar-refractivity contribution < 1.29 is 23.1 Å². The predicted octanol–water partition coefficient (Wildman–Crippen LogP) is 4.59. The van der Waals surface area contributed by atoms with Crippen LogP contribution in [0.15, 0.2) is 54.6 Å². The molecule has 36 heavy (non-hydrogen) atoms. The third-order valence-electron chi connectivity index (χ3n) is 6.26. The van der Waals surface area contributed by atoms with Gasteiger partial charge in [-0.25, -0.2) is 18.2 Å². The van der Waals surface area contributed by atoms with Crippen molar-refractivity contribution in [3.05, 3.63) is 83.2 Å². The van der Waals surface area contributed by atoms with E-state index in [-0.39, 0.29) is 30.9 Å². The Balaban J connectivity index is 1.29. The molecule has 4 aromatic rings. The van der Waals surface area contributed by atoms with Gasteiger partial charge < -0.3 is 25.6 Å². The number of nitrogens with one attached hydrogen (secondary N) is 3. The van der Waals surface area contributed by atoms with Gasteiger partial charge in [0.1, 0.15) is 11.4 Å². The minimum atomic E-state index is -1.29. The van der Waals surface area contributed by atoms with E-state index in [1.165, 1.54) is 17.0 Å². The first-order valence-electron chi connectivity index (χ1n) is 11.5. The Kier molecular flexibility index (Phi) is 6.05. The molecule has 1 aliphatic heterocycles. The number of para-hydroxylation sites is 2. The summed E-state index contributed by atoms with van der Waals surface area (Å²) in [5.41, 5.74) is 0.418. The molecule has 1 amide bonds. The maximum atomic E-state index is 14.7. The van der Waals surface area contributed by atoms with Crippen molar-refractivity contribution in [1.82, 2.24) is 14.9 Å². The summed E-state index contributed by atoms with van der Waals surface area (Å²) >= 11 is 0. The molecule has 4 N–H and O–H groups in total. The molecule has 1 fully saturated rings. The molecule has 0 bridgehead atoms. The summed E-state index contributed by atoms with van der Waals surface area (Å²) in [6, 6.07) is 13.8. The van der Waals surface area contributed by atoms with Crippen LogP contribution in [0.25, 0.3) is 11.0 Å². The molecular formula is C26H24F3N5O2. The van der Waals surface area contributed by atoms with Crippen LogP contribution in [-0.2, 0) is 6.42 Å². The molecule has 7 nitrogen and oxygen atoms in total. The Bertz CT molecular complexity index is 1420. The van der Waals surface area contributed by atoms with Gasteiger partial charge in [-0.2, -0.15) is 0 Å². The van der Waals surface area contributed by atoms with E-state index in [2.05, 4.69) is 20.6 Å². The number of aryl methyl sites for hydroxylation is 1. The fraction of sp³-hybridized carbons (Fsp3) is 0.231. The zero-order chi connectivity index (χ0) is 25.4. The Hall–Kier alpha value is -4.05. The monoisotopic (exact) mass is 495 g/mol. The third kappa shape index (κ3) is 4.47. The van der Waals surface area contributed by atoms with E-state index in [9.17, 15) is 23.1 Å². The molecule has 0 spiro atoms. The van der Waals surface area contributed by atoms with Crippen molar-refractivity contribution in [2.24, 2.45) is 0 Å². The summed E-state index contributed by atoms with van der Waals surface area (Å²) in [6.07, 6.45) is 0.609. The van der Waals surface area contributed by atoms with Gasteiger partial charge in [-0.1, -0.05) is 25.1 Å². The molecule has 1 saturated heterocycles. The lowest BCUT2D eigenvalue weighted by Gasteiger charge is -2.46. The maximum Gasteiger partial charge on any atom is 0.256 e. The van der Waals surface area contributed by atoms with Gasteiger partial charge >= 0.3 is 0 Å². The SMILES string of the molecule is CCc1ccc(Nc2c(C(=O)N3CC(O)(CNc4nc5ccccc5[nH]4)C3)ccc(F)c2F)c(F)c1. The van der Waals surface area contributed by atoms with Crippen LogP contribution in [0.5, 0.6) is 0 Å². The molecule has 5 rings (SSSR count). The number of benzene rings is 3. The number of imidazole rings is 1. The van der Waals surface area contributed by atoms with E-state index < -0.39 is 34.6 Å². The molecule has 2 heterocycles. The number of aromatic amines is 1. The molecule has 0 saturated carbocycles. The van der Waals surface area contributed by atoms with Crippen molar-refractivity contribution in [3.8, 4) is 0 Å². The predicted molar refractivity (Wildman–Crippen MR) is 131 cm³/mol. The number of likely N-dealkylation sites (tertiary alicyclic amines) is 1. The van der Waals surface area contributed by atoms with Crippen molar-refractivity contribution >= 4 is 34.3 Å². The first-order valence-corrected chi connectivity index (χ1v) is 11.5. The van der Waals surface area contributed by atoms with E-state index >= 15 is 0 Å². The molecule has 1 aromatic heterocycles. The van der Waals surface area contributed by atoms with Crippen LogP contribution in [0.4, 0.5) is 30.5 Å². The smallest absolute Gasteiger partial charge is 0.256 e. The second kappa shape index (κ2) is 9.19. The number of halogens is 3. The van der Waals surface area contributed by atoms with Gasteiger partial charge in [0.2, 0.25) is 5.95 Å². The zero-order valence-electron chi connectivity index (χ0n) is 19.4. The van der Waals surface area contributed by atoms with Crippen LogP contribution < -0.4 is 10.6 Å². The second-order valence-electron chi connectivity index (χ2n) is 8.92. The topological polar surface area (TPSA) is 93.3 Å². The third-order valence-corrected chi connectivity index (χ3v) is 6.26. The summed E-state index contributed by atoms with van der Waals surface area (Å²) in [7, 11) is 0. The molecular weight excluding hydrogens is 471 g/mol. The van der Waals surface area contributed by atoms with Gasteiger partial charge in [-0.15, -0.1) is 0 Å². The second-order valence-corrected chi connectivity index (χ2v) is 8.92. The van der Waals surface area contributed by atoms with Gasteiger partial charge in [0.15, 0.2) is 11.6 Å². The summed E-state index contributed by atoms with van der Waals surface area (Å²) in [5, 5.41) is 16.4.